The predicted octanol–water partition coefficient (Wildman–Crippen LogP) is 16.0. The summed E-state index contributed by atoms with van der Waals surface area (Å²) in [4.78, 5) is 37.8. The third kappa shape index (κ3) is 49.1. The molecule has 0 aliphatic heterocycles. The highest BCUT2D eigenvalue weighted by molar-refractivity contribution is 5.71. The van der Waals surface area contributed by atoms with Crippen LogP contribution in [0.3, 0.4) is 0 Å². The monoisotopic (exact) mass is 887 g/mol. The van der Waals surface area contributed by atoms with Crippen molar-refractivity contribution in [1.82, 2.24) is 0 Å². The van der Waals surface area contributed by atoms with Gasteiger partial charge in [-0.15, -0.1) is 0 Å². The van der Waals surface area contributed by atoms with Gasteiger partial charge in [0.1, 0.15) is 13.2 Å². The molecule has 0 aromatic rings. The molecule has 0 aromatic heterocycles. The maximum absolute atomic E-state index is 12.8. The molecule has 0 fully saturated rings. The van der Waals surface area contributed by atoms with Crippen LogP contribution in [0.2, 0.25) is 0 Å². The van der Waals surface area contributed by atoms with Crippen molar-refractivity contribution >= 4 is 17.9 Å². The van der Waals surface area contributed by atoms with Crippen molar-refractivity contribution in [2.75, 3.05) is 13.2 Å². The number of ether oxygens (including phenoxy) is 3. The van der Waals surface area contributed by atoms with Crippen molar-refractivity contribution in [2.24, 2.45) is 0 Å². The smallest absolute Gasteiger partial charge is 0.306 e. The predicted molar refractivity (Wildman–Crippen MR) is 278 cm³/mol. The summed E-state index contributed by atoms with van der Waals surface area (Å²) >= 11 is 0. The lowest BCUT2D eigenvalue weighted by Crippen LogP contribution is -2.30. The highest BCUT2D eigenvalue weighted by atomic mass is 16.6. The zero-order valence-electron chi connectivity index (χ0n) is 40.1. The zero-order chi connectivity index (χ0) is 47.2. The van der Waals surface area contributed by atoms with Crippen LogP contribution in [0.25, 0.3) is 0 Å². The summed E-state index contributed by atoms with van der Waals surface area (Å²) in [6.45, 7) is 6.01. The lowest BCUT2D eigenvalue weighted by atomic mass is 10.1. The quantitative estimate of drug-likeness (QED) is 0.0201. The molecule has 65 heavy (non-hydrogen) atoms. The first-order chi connectivity index (χ1) is 32.0. The van der Waals surface area contributed by atoms with E-state index in [1.165, 1.54) is 0 Å². The second-order valence-electron chi connectivity index (χ2n) is 14.8. The molecule has 0 saturated carbocycles. The SMILES string of the molecule is CC/C=C/C=C/C=C/C=C/C=C/CCCCCC(=O)OC(COC(=O)CC/C=C/C/C=C/C/C=C/C/C=C/C/C=C/C/C=C/CC)COC(=O)CCC/C=C/C=C/C=C/C=C/C=C/CC. The Bertz CT molecular complexity index is 1680. The molecular formula is C59H82O6. The number of carbonyl (C=O) groups excluding carboxylic acids is 3. The Kier molecular flexibility index (Phi) is 46.4. The number of allylic oxidation sites excluding steroid dienone is 32. The molecule has 6 heteroatoms. The summed E-state index contributed by atoms with van der Waals surface area (Å²) in [6, 6.07) is 0. The molecule has 0 bridgehead atoms. The second-order valence-corrected chi connectivity index (χ2v) is 14.8. The van der Waals surface area contributed by atoms with Crippen LogP contribution in [-0.4, -0.2) is 37.2 Å². The van der Waals surface area contributed by atoms with Crippen molar-refractivity contribution in [1.29, 1.82) is 0 Å². The van der Waals surface area contributed by atoms with Gasteiger partial charge in [0.05, 0.1) is 0 Å². The Morgan fingerprint density at radius 2 is 0.677 bits per heavy atom. The largest absolute Gasteiger partial charge is 0.462 e. The number of unbranched alkanes of at least 4 members (excludes halogenated alkanes) is 4. The molecule has 0 saturated heterocycles. The number of hydrogen-bond donors (Lipinski definition) is 0. The van der Waals surface area contributed by atoms with Crippen molar-refractivity contribution in [3.63, 3.8) is 0 Å². The minimum Gasteiger partial charge on any atom is -0.462 e. The van der Waals surface area contributed by atoms with Gasteiger partial charge < -0.3 is 14.2 Å². The molecule has 0 amide bonds. The molecule has 6 nitrogen and oxygen atoms in total. The van der Waals surface area contributed by atoms with E-state index in [1.54, 1.807) is 0 Å². The lowest BCUT2D eigenvalue weighted by Gasteiger charge is -2.18. The molecule has 1 unspecified atom stereocenters. The first-order valence-corrected chi connectivity index (χ1v) is 24.1. The summed E-state index contributed by atoms with van der Waals surface area (Å²) in [7, 11) is 0. The summed E-state index contributed by atoms with van der Waals surface area (Å²) in [5, 5.41) is 0. The van der Waals surface area contributed by atoms with E-state index >= 15 is 0 Å². The van der Waals surface area contributed by atoms with Crippen molar-refractivity contribution < 1.29 is 28.6 Å². The van der Waals surface area contributed by atoms with Gasteiger partial charge in [-0.2, -0.15) is 0 Å². The number of hydrogen-bond acceptors (Lipinski definition) is 6. The van der Waals surface area contributed by atoms with Gasteiger partial charge in [0.15, 0.2) is 6.10 Å². The Balaban J connectivity index is 4.73. The molecule has 0 aliphatic carbocycles. The first kappa shape index (κ1) is 59.2. The minimum absolute atomic E-state index is 0.168. The highest BCUT2D eigenvalue weighted by Crippen LogP contribution is 2.09. The topological polar surface area (TPSA) is 78.9 Å². The third-order valence-electron chi connectivity index (χ3n) is 8.84. The normalized spacial score (nSPS) is 13.8. The first-order valence-electron chi connectivity index (χ1n) is 24.1. The van der Waals surface area contributed by atoms with Gasteiger partial charge in [-0.1, -0.05) is 222 Å². The molecule has 0 aromatic carbocycles. The number of carbonyl (C=O) groups is 3. The minimum atomic E-state index is -0.871. The van der Waals surface area contributed by atoms with Gasteiger partial charge in [-0.25, -0.2) is 0 Å². The average Bonchev–Trinajstić information content (AvgIpc) is 3.30. The highest BCUT2D eigenvalue weighted by Gasteiger charge is 2.19. The van der Waals surface area contributed by atoms with Gasteiger partial charge in [-0.05, 0) is 89.9 Å². The average molecular weight is 887 g/mol. The Morgan fingerprint density at radius 1 is 0.323 bits per heavy atom. The zero-order valence-corrected chi connectivity index (χ0v) is 40.1. The van der Waals surface area contributed by atoms with E-state index in [1.807, 2.05) is 115 Å². The van der Waals surface area contributed by atoms with Crippen LogP contribution in [-0.2, 0) is 28.6 Å². The maximum atomic E-state index is 12.8. The molecule has 0 spiro atoms. The van der Waals surface area contributed by atoms with E-state index in [4.69, 9.17) is 14.2 Å². The number of esters is 3. The summed E-state index contributed by atoms with van der Waals surface area (Å²) in [6.07, 6.45) is 78.6. The molecule has 0 N–H and O–H groups in total. The van der Waals surface area contributed by atoms with Crippen LogP contribution in [0, 0.1) is 0 Å². The number of rotatable bonds is 39. The fraction of sp³-hybridized carbons (Fsp3) is 0.407. The lowest BCUT2D eigenvalue weighted by molar-refractivity contribution is -0.166. The molecule has 354 valence electrons. The van der Waals surface area contributed by atoms with E-state index in [0.29, 0.717) is 19.3 Å². The summed E-state index contributed by atoms with van der Waals surface area (Å²) in [5.74, 6) is -1.19. The third-order valence-corrected chi connectivity index (χ3v) is 8.84. The maximum Gasteiger partial charge on any atom is 0.306 e. The van der Waals surface area contributed by atoms with E-state index in [0.717, 1.165) is 77.0 Å². The van der Waals surface area contributed by atoms with Crippen LogP contribution >= 0.6 is 0 Å². The van der Waals surface area contributed by atoms with Crippen LogP contribution in [0.15, 0.2) is 194 Å². The van der Waals surface area contributed by atoms with Crippen molar-refractivity contribution in [3.05, 3.63) is 194 Å². The van der Waals surface area contributed by atoms with Gasteiger partial charge in [0.2, 0.25) is 0 Å². The Labute approximate surface area is 395 Å². The van der Waals surface area contributed by atoms with Gasteiger partial charge in [0, 0.05) is 19.3 Å². The van der Waals surface area contributed by atoms with E-state index < -0.39 is 18.0 Å². The Morgan fingerprint density at radius 3 is 1.12 bits per heavy atom. The van der Waals surface area contributed by atoms with Gasteiger partial charge in [0.25, 0.3) is 0 Å². The molecular weight excluding hydrogens is 805 g/mol. The molecule has 0 rings (SSSR count). The van der Waals surface area contributed by atoms with Crippen LogP contribution in [0.5, 0.6) is 0 Å². The second kappa shape index (κ2) is 50.9. The van der Waals surface area contributed by atoms with E-state index in [9.17, 15) is 14.4 Å². The van der Waals surface area contributed by atoms with Crippen LogP contribution < -0.4 is 0 Å². The van der Waals surface area contributed by atoms with Crippen LogP contribution in [0.1, 0.15) is 136 Å². The summed E-state index contributed by atoms with van der Waals surface area (Å²) < 4.78 is 16.6. The van der Waals surface area contributed by atoms with E-state index in [2.05, 4.69) is 99.8 Å². The van der Waals surface area contributed by atoms with Crippen molar-refractivity contribution in [2.45, 2.75) is 142 Å². The standard InChI is InChI=1S/C59H82O6/c1-4-7-10-13-16-19-22-25-27-28-29-30-32-34-37-40-43-46-49-52-58(61)64-55-56(54-63-57(60)51-48-45-42-39-36-33-24-21-18-15-12-9-6-3)65-59(62)53-50-47-44-41-38-35-31-26-23-20-17-14-11-8-5-2/h7-12,14-21,23-27,29-31,33-39,42-43,46,56H,4-6,13,22,28,32,40-41,44-45,47-55H2,1-3H3/b10-7+,11-8+,12-9+,17-14+,18-15+,19-16+,23-20+,24-21+,27-25+,30-29+,31-26+,36-33+,37-34+,38-35+,42-39+,46-43+. The molecule has 0 radical (unpaired) electrons. The molecule has 0 heterocycles. The molecule has 0 aliphatic rings. The van der Waals surface area contributed by atoms with Gasteiger partial charge in [-0.3, -0.25) is 14.4 Å². The van der Waals surface area contributed by atoms with E-state index in [-0.39, 0.29) is 38.4 Å². The molecule has 1 atom stereocenters. The van der Waals surface area contributed by atoms with Gasteiger partial charge >= 0.3 is 17.9 Å². The summed E-state index contributed by atoms with van der Waals surface area (Å²) in [5.41, 5.74) is 0. The Hall–Kier alpha value is -5.75. The fourth-order valence-corrected chi connectivity index (χ4v) is 5.34. The van der Waals surface area contributed by atoms with Crippen LogP contribution in [0.4, 0.5) is 0 Å². The van der Waals surface area contributed by atoms with Crippen molar-refractivity contribution in [3.8, 4) is 0 Å². The fourth-order valence-electron chi connectivity index (χ4n) is 5.34.